The van der Waals surface area contributed by atoms with Crippen molar-refractivity contribution in [3.63, 3.8) is 0 Å². The van der Waals surface area contributed by atoms with Crippen molar-refractivity contribution in [3.05, 3.63) is 111 Å². The predicted molar refractivity (Wildman–Crippen MR) is 196 cm³/mol. The van der Waals surface area contributed by atoms with Crippen LogP contribution in [0, 0.1) is 11.2 Å². The minimum absolute atomic E-state index is 0.101. The number of urea groups is 1. The summed E-state index contributed by atoms with van der Waals surface area (Å²) in [5.41, 5.74) is 2.02. The summed E-state index contributed by atoms with van der Waals surface area (Å²) < 4.78 is 20.2. The number of halogens is 2. The van der Waals surface area contributed by atoms with Crippen LogP contribution in [-0.2, 0) is 17.6 Å². The largest absolute Gasteiger partial charge is 0.393 e. The van der Waals surface area contributed by atoms with E-state index in [9.17, 15) is 24.2 Å². The zero-order valence-electron chi connectivity index (χ0n) is 29.4. The average molecular weight is 705 g/mol. The Hall–Kier alpha value is -3.56. The van der Waals surface area contributed by atoms with E-state index >= 15 is 0 Å². The Kier molecular flexibility index (Phi) is 12.5. The van der Waals surface area contributed by atoms with Crippen LogP contribution in [-0.4, -0.2) is 65.4 Å². The molecule has 0 aliphatic heterocycles. The Labute approximate surface area is 300 Å². The van der Waals surface area contributed by atoms with E-state index in [1.807, 2.05) is 48.5 Å². The summed E-state index contributed by atoms with van der Waals surface area (Å²) >= 11 is 6.37. The second-order valence-corrected chi connectivity index (χ2v) is 14.7. The molecule has 1 fully saturated rings. The van der Waals surface area contributed by atoms with Gasteiger partial charge in [-0.1, -0.05) is 66.6 Å². The molecule has 3 N–H and O–H groups in total. The number of methoxy groups -OCH3 is 1. The molecule has 3 aromatic carbocycles. The summed E-state index contributed by atoms with van der Waals surface area (Å²) in [5, 5.41) is 26.9. The number of benzene rings is 3. The smallest absolute Gasteiger partial charge is 0.321 e. The number of carbonyl (C=O) groups is 2. The number of ether oxygens (including phenoxy) is 1. The van der Waals surface area contributed by atoms with Gasteiger partial charge < -0.3 is 25.2 Å². The molecule has 1 saturated carbocycles. The molecule has 4 atom stereocenters. The van der Waals surface area contributed by atoms with Gasteiger partial charge in [0.1, 0.15) is 5.82 Å². The predicted octanol–water partition coefficient (Wildman–Crippen LogP) is 8.51. The molecule has 0 heterocycles. The molecule has 4 unspecified atom stereocenters. The zero-order chi connectivity index (χ0) is 35.9. The number of carbonyl (C=O) groups excluding carboxylic acids is 2. The molecule has 0 aromatic heterocycles. The normalized spacial score (nSPS) is 23.9. The number of para-hydroxylation sites is 1. The van der Waals surface area contributed by atoms with Crippen LogP contribution in [0.1, 0.15) is 91.8 Å². The second kappa shape index (κ2) is 16.6. The van der Waals surface area contributed by atoms with Gasteiger partial charge in [-0.3, -0.25) is 4.79 Å². The Bertz CT molecular complexity index is 1660. The van der Waals surface area contributed by atoms with Crippen LogP contribution < -0.4 is 5.32 Å². The van der Waals surface area contributed by atoms with Gasteiger partial charge in [0.05, 0.1) is 18.2 Å². The lowest BCUT2D eigenvalue weighted by Crippen LogP contribution is -2.54. The van der Waals surface area contributed by atoms with Gasteiger partial charge in [0.15, 0.2) is 5.78 Å². The molecule has 0 saturated heterocycles. The van der Waals surface area contributed by atoms with Crippen molar-refractivity contribution in [2.24, 2.45) is 5.41 Å². The minimum atomic E-state index is -1.29. The Morgan fingerprint density at radius 2 is 1.86 bits per heavy atom. The first-order chi connectivity index (χ1) is 23.9. The Balaban J connectivity index is 1.55. The maximum atomic E-state index is 14.9. The number of anilines is 1. The number of ketones is 1. The van der Waals surface area contributed by atoms with Crippen LogP contribution in [0.15, 0.2) is 78.4 Å². The third-order valence-corrected chi connectivity index (χ3v) is 11.3. The first-order valence-electron chi connectivity index (χ1n) is 17.7. The van der Waals surface area contributed by atoms with Gasteiger partial charge in [0.25, 0.3) is 0 Å². The Morgan fingerprint density at radius 1 is 1.08 bits per heavy atom. The van der Waals surface area contributed by atoms with Crippen LogP contribution in [0.3, 0.4) is 0 Å². The van der Waals surface area contributed by atoms with Crippen molar-refractivity contribution < 1.29 is 28.9 Å². The lowest BCUT2D eigenvalue weighted by molar-refractivity contribution is -0.0767. The minimum Gasteiger partial charge on any atom is -0.393 e. The highest BCUT2D eigenvalue weighted by atomic mass is 35.5. The first-order valence-corrected chi connectivity index (χ1v) is 18.1. The van der Waals surface area contributed by atoms with E-state index < -0.39 is 22.9 Å². The second-order valence-electron chi connectivity index (χ2n) is 14.3. The maximum Gasteiger partial charge on any atom is 0.321 e. The third kappa shape index (κ3) is 8.65. The van der Waals surface area contributed by atoms with Crippen LogP contribution in [0.5, 0.6) is 0 Å². The number of amides is 2. The summed E-state index contributed by atoms with van der Waals surface area (Å²) in [6, 6.07) is 19.1. The number of fused-ring (bicyclic) bond motifs is 8. The molecule has 3 aromatic rings. The topological polar surface area (TPSA) is 99.1 Å². The molecule has 6 rings (SSSR count). The number of rotatable bonds is 10. The number of hydrogen-bond donors (Lipinski definition) is 3. The molecule has 0 radical (unpaired) electrons. The van der Waals surface area contributed by atoms with Crippen molar-refractivity contribution in [1.82, 2.24) is 4.90 Å². The number of allylic oxidation sites excluding steroid dienone is 2. The van der Waals surface area contributed by atoms with Crippen molar-refractivity contribution in [2.45, 2.75) is 89.3 Å². The van der Waals surface area contributed by atoms with Gasteiger partial charge in [0, 0.05) is 53.9 Å². The van der Waals surface area contributed by atoms with Crippen LogP contribution >= 0.6 is 11.6 Å². The molecule has 2 bridgehead atoms. The van der Waals surface area contributed by atoms with Gasteiger partial charge in [-0.2, -0.15) is 0 Å². The molecular formula is C41H50ClFN2O5. The number of aliphatic hydroxyl groups is 2. The molecule has 268 valence electrons. The molecule has 3 aliphatic carbocycles. The summed E-state index contributed by atoms with van der Waals surface area (Å²) in [4.78, 5) is 29.6. The molecule has 7 nitrogen and oxygen atoms in total. The molecule has 3 aliphatic rings. The fourth-order valence-electron chi connectivity index (χ4n) is 7.89. The van der Waals surface area contributed by atoms with Gasteiger partial charge in [-0.15, -0.1) is 0 Å². The number of Topliss-reactive ketones (excluding diaryl/α,β-unsaturated/α-hetero) is 1. The molecule has 0 spiro atoms. The van der Waals surface area contributed by atoms with Crippen molar-refractivity contribution in [1.29, 1.82) is 0 Å². The summed E-state index contributed by atoms with van der Waals surface area (Å²) in [5.74, 6) is -1.05. The van der Waals surface area contributed by atoms with E-state index in [-0.39, 0.29) is 41.3 Å². The summed E-state index contributed by atoms with van der Waals surface area (Å²) in [6.07, 6.45) is 5.98. The van der Waals surface area contributed by atoms with Crippen molar-refractivity contribution in [3.8, 4) is 0 Å². The van der Waals surface area contributed by atoms with Crippen LogP contribution in [0.25, 0.3) is 0 Å². The number of hydrogen-bond acceptors (Lipinski definition) is 5. The van der Waals surface area contributed by atoms with Gasteiger partial charge in [0.2, 0.25) is 0 Å². The SMILES string of the molecule is COCCCN(CC1(O)CCC2c3ccc(cc3C(=O)Cc3c(F)cccc3Cl)CC(O)CCC(C)=CCCC21C)C(=O)Nc1ccccc1. The van der Waals surface area contributed by atoms with E-state index in [4.69, 9.17) is 16.3 Å². The molecule has 2 amide bonds. The lowest BCUT2D eigenvalue weighted by atomic mass is 9.64. The first kappa shape index (κ1) is 37.7. The van der Waals surface area contributed by atoms with Gasteiger partial charge in [-0.05, 0) is 106 Å². The average Bonchev–Trinajstić information content (AvgIpc) is 3.34. The number of nitrogens with one attached hydrogen (secondary N) is 1. The molecular weight excluding hydrogens is 655 g/mol. The maximum absolute atomic E-state index is 14.9. The summed E-state index contributed by atoms with van der Waals surface area (Å²) in [6.45, 7) is 5.11. The third-order valence-electron chi connectivity index (χ3n) is 10.9. The molecule has 50 heavy (non-hydrogen) atoms. The lowest BCUT2D eigenvalue weighted by Gasteiger charge is -2.46. The highest BCUT2D eigenvalue weighted by Crippen LogP contribution is 2.59. The van der Waals surface area contributed by atoms with Gasteiger partial charge >= 0.3 is 6.03 Å². The monoisotopic (exact) mass is 704 g/mol. The van der Waals surface area contributed by atoms with E-state index in [0.29, 0.717) is 69.3 Å². The Morgan fingerprint density at radius 3 is 2.60 bits per heavy atom. The van der Waals surface area contributed by atoms with Gasteiger partial charge in [-0.25, -0.2) is 9.18 Å². The fourth-order valence-corrected chi connectivity index (χ4v) is 8.12. The summed E-state index contributed by atoms with van der Waals surface area (Å²) in [7, 11) is 1.63. The van der Waals surface area contributed by atoms with E-state index in [1.165, 1.54) is 17.7 Å². The fraction of sp³-hybridized carbons (Fsp3) is 0.463. The highest BCUT2D eigenvalue weighted by Gasteiger charge is 2.57. The van der Waals surface area contributed by atoms with E-state index in [1.54, 1.807) is 18.1 Å². The van der Waals surface area contributed by atoms with Crippen molar-refractivity contribution in [2.75, 3.05) is 32.1 Å². The van der Waals surface area contributed by atoms with Crippen LogP contribution in [0.2, 0.25) is 5.02 Å². The zero-order valence-corrected chi connectivity index (χ0v) is 30.1. The standard InChI is InChI=1S/C41H50ClFN2O5/c1-28-10-8-20-40(2)35(19-21-41(40,49)27-45(22-9-23-50-3)39(48)44-30-11-5-4-6-12-30)32-18-16-29(24-31(46)17-15-28)25-33(32)38(47)26-34-36(42)13-7-14-37(34)43/h4-7,10-14,16,18,25,31,35,46,49H,8-9,15,17,19-24,26-27H2,1-3H3,(H,44,48). The quantitative estimate of drug-likeness (QED) is 0.112. The molecule has 9 heteroatoms. The van der Waals surface area contributed by atoms with Crippen molar-refractivity contribution >= 4 is 29.1 Å². The highest BCUT2D eigenvalue weighted by molar-refractivity contribution is 6.31. The van der Waals surface area contributed by atoms with Crippen LogP contribution in [0.4, 0.5) is 14.9 Å². The van der Waals surface area contributed by atoms with E-state index in [0.717, 1.165) is 17.5 Å². The van der Waals surface area contributed by atoms with E-state index in [2.05, 4.69) is 25.2 Å². The number of nitrogens with zero attached hydrogens (tertiary/aromatic N) is 1. The number of aliphatic hydroxyl groups excluding tert-OH is 1.